The van der Waals surface area contributed by atoms with Crippen molar-refractivity contribution in [3.05, 3.63) is 29.8 Å². The van der Waals surface area contributed by atoms with Gasteiger partial charge in [0.25, 0.3) is 5.91 Å². The SMILES string of the molecule is CC1CCCCN1S(=O)(=O)c1cccc(C(=O)N2C3CCNCC2CC3)c1.Cl. The Morgan fingerprint density at radius 3 is 2.68 bits per heavy atom. The zero-order valence-electron chi connectivity index (χ0n) is 16.3. The number of benzene rings is 1. The number of fused-ring (bicyclic) bond motifs is 2. The molecule has 28 heavy (non-hydrogen) atoms. The molecule has 0 saturated carbocycles. The van der Waals surface area contributed by atoms with E-state index in [9.17, 15) is 13.2 Å². The number of nitrogens with zero attached hydrogens (tertiary/aromatic N) is 2. The van der Waals surface area contributed by atoms with Crippen LogP contribution in [0.1, 0.15) is 55.8 Å². The average Bonchev–Trinajstić information content (AvgIpc) is 2.94. The van der Waals surface area contributed by atoms with E-state index in [1.54, 1.807) is 28.6 Å². The Labute approximate surface area is 174 Å². The van der Waals surface area contributed by atoms with E-state index in [0.717, 1.165) is 51.6 Å². The Balaban J connectivity index is 0.00000225. The van der Waals surface area contributed by atoms with Crippen molar-refractivity contribution in [3.8, 4) is 0 Å². The van der Waals surface area contributed by atoms with Gasteiger partial charge in [-0.2, -0.15) is 4.31 Å². The summed E-state index contributed by atoms with van der Waals surface area (Å²) in [7, 11) is -3.57. The standard InChI is InChI=1S/C20H29N3O3S.ClH/c1-15-5-2-3-12-22(15)27(25,26)19-7-4-6-16(13-19)20(24)23-17-8-9-18(23)14-21-11-10-17;/h4,6-7,13,15,17-18,21H,2-3,5,8-12,14H2,1H3;1H. The van der Waals surface area contributed by atoms with Crippen molar-refractivity contribution in [2.24, 2.45) is 0 Å². The largest absolute Gasteiger partial charge is 0.331 e. The summed E-state index contributed by atoms with van der Waals surface area (Å²) in [5.41, 5.74) is 0.486. The number of amides is 1. The molecule has 0 spiro atoms. The number of hydrogen-bond donors (Lipinski definition) is 1. The lowest BCUT2D eigenvalue weighted by atomic mass is 10.1. The lowest BCUT2D eigenvalue weighted by Crippen LogP contribution is -2.43. The number of carbonyl (C=O) groups excluding carboxylic acids is 1. The van der Waals surface area contributed by atoms with Crippen LogP contribution in [0.2, 0.25) is 0 Å². The quantitative estimate of drug-likeness (QED) is 0.805. The Kier molecular flexibility index (Phi) is 6.69. The van der Waals surface area contributed by atoms with E-state index >= 15 is 0 Å². The fraction of sp³-hybridized carbons (Fsp3) is 0.650. The summed E-state index contributed by atoms with van der Waals surface area (Å²) in [4.78, 5) is 15.5. The Hall–Kier alpha value is -1.15. The molecule has 8 heteroatoms. The van der Waals surface area contributed by atoms with E-state index in [4.69, 9.17) is 0 Å². The van der Waals surface area contributed by atoms with E-state index in [1.165, 1.54) is 0 Å². The minimum atomic E-state index is -3.57. The van der Waals surface area contributed by atoms with Crippen LogP contribution >= 0.6 is 12.4 Å². The van der Waals surface area contributed by atoms with Gasteiger partial charge in [-0.05, 0) is 63.8 Å². The summed E-state index contributed by atoms with van der Waals surface area (Å²) in [6.45, 7) is 4.29. The Morgan fingerprint density at radius 1 is 1.11 bits per heavy atom. The molecular weight excluding hydrogens is 398 g/mol. The molecule has 1 aromatic carbocycles. The van der Waals surface area contributed by atoms with Crippen molar-refractivity contribution in [3.63, 3.8) is 0 Å². The number of hydrogen-bond acceptors (Lipinski definition) is 4. The second-order valence-corrected chi connectivity index (χ2v) is 9.97. The highest BCUT2D eigenvalue weighted by Gasteiger charge is 2.39. The van der Waals surface area contributed by atoms with Crippen LogP contribution in [0.5, 0.6) is 0 Å². The molecule has 3 aliphatic rings. The molecule has 4 rings (SSSR count). The molecule has 156 valence electrons. The zero-order chi connectivity index (χ0) is 19.0. The fourth-order valence-electron chi connectivity index (χ4n) is 4.82. The third-order valence-corrected chi connectivity index (χ3v) is 8.33. The fourth-order valence-corrected chi connectivity index (χ4v) is 6.56. The third-order valence-electron chi connectivity index (χ3n) is 6.32. The van der Waals surface area contributed by atoms with E-state index in [2.05, 4.69) is 5.32 Å². The molecule has 6 nitrogen and oxygen atoms in total. The number of sulfonamides is 1. The van der Waals surface area contributed by atoms with Crippen LogP contribution in [0.3, 0.4) is 0 Å². The van der Waals surface area contributed by atoms with Gasteiger partial charge in [0.2, 0.25) is 10.0 Å². The van der Waals surface area contributed by atoms with Crippen LogP contribution in [0.25, 0.3) is 0 Å². The van der Waals surface area contributed by atoms with Crippen molar-refractivity contribution < 1.29 is 13.2 Å². The minimum Gasteiger partial charge on any atom is -0.331 e. The summed E-state index contributed by atoms with van der Waals surface area (Å²) >= 11 is 0. The molecule has 3 unspecified atom stereocenters. The average molecular weight is 428 g/mol. The second kappa shape index (κ2) is 8.69. The molecule has 1 amide bonds. The maximum Gasteiger partial charge on any atom is 0.254 e. The van der Waals surface area contributed by atoms with Gasteiger partial charge in [-0.3, -0.25) is 4.79 Å². The van der Waals surface area contributed by atoms with Crippen LogP contribution in [0, 0.1) is 0 Å². The van der Waals surface area contributed by atoms with Crippen LogP contribution < -0.4 is 5.32 Å². The molecule has 1 N–H and O–H groups in total. The second-order valence-electron chi connectivity index (χ2n) is 8.08. The van der Waals surface area contributed by atoms with Crippen molar-refractivity contribution in [1.82, 2.24) is 14.5 Å². The molecule has 0 radical (unpaired) electrons. The first kappa shape index (κ1) is 21.6. The number of carbonyl (C=O) groups is 1. The first-order chi connectivity index (χ1) is 13.0. The van der Waals surface area contributed by atoms with Gasteiger partial charge in [0.05, 0.1) is 4.90 Å². The molecule has 3 fully saturated rings. The maximum absolute atomic E-state index is 13.2. The van der Waals surface area contributed by atoms with Crippen LogP contribution in [-0.4, -0.2) is 61.3 Å². The lowest BCUT2D eigenvalue weighted by Gasteiger charge is -2.32. The lowest BCUT2D eigenvalue weighted by molar-refractivity contribution is 0.0680. The summed E-state index contributed by atoms with van der Waals surface area (Å²) in [6.07, 6.45) is 5.88. The minimum absolute atomic E-state index is 0. The van der Waals surface area contributed by atoms with Crippen molar-refractivity contribution in [2.45, 2.75) is 68.5 Å². The van der Waals surface area contributed by atoms with E-state index in [1.807, 2.05) is 11.8 Å². The van der Waals surface area contributed by atoms with Crippen LogP contribution in [0.4, 0.5) is 0 Å². The van der Waals surface area contributed by atoms with Gasteiger partial charge in [-0.1, -0.05) is 12.5 Å². The van der Waals surface area contributed by atoms with Gasteiger partial charge < -0.3 is 10.2 Å². The van der Waals surface area contributed by atoms with Gasteiger partial charge >= 0.3 is 0 Å². The smallest absolute Gasteiger partial charge is 0.254 e. The van der Waals surface area contributed by atoms with E-state index in [0.29, 0.717) is 12.1 Å². The summed E-state index contributed by atoms with van der Waals surface area (Å²) < 4.78 is 27.9. The molecule has 1 aromatic rings. The predicted molar refractivity (Wildman–Crippen MR) is 111 cm³/mol. The van der Waals surface area contributed by atoms with Gasteiger partial charge in [-0.15, -0.1) is 12.4 Å². The van der Waals surface area contributed by atoms with Gasteiger partial charge in [0, 0.05) is 36.8 Å². The first-order valence-electron chi connectivity index (χ1n) is 10.1. The normalized spacial score (nSPS) is 28.5. The van der Waals surface area contributed by atoms with E-state index in [-0.39, 0.29) is 41.3 Å². The summed E-state index contributed by atoms with van der Waals surface area (Å²) in [5.74, 6) is -0.0325. The summed E-state index contributed by atoms with van der Waals surface area (Å²) in [5, 5.41) is 3.40. The van der Waals surface area contributed by atoms with Crippen molar-refractivity contribution in [2.75, 3.05) is 19.6 Å². The van der Waals surface area contributed by atoms with Gasteiger partial charge in [0.1, 0.15) is 0 Å². The van der Waals surface area contributed by atoms with E-state index < -0.39 is 10.0 Å². The molecule has 2 bridgehead atoms. The van der Waals surface area contributed by atoms with Crippen LogP contribution in [0.15, 0.2) is 29.2 Å². The first-order valence-corrected chi connectivity index (χ1v) is 11.6. The molecule has 3 heterocycles. The third kappa shape index (κ3) is 3.95. The zero-order valence-corrected chi connectivity index (χ0v) is 18.0. The van der Waals surface area contributed by atoms with Gasteiger partial charge in [0.15, 0.2) is 0 Å². The molecule has 0 aliphatic carbocycles. The highest BCUT2D eigenvalue weighted by atomic mass is 35.5. The number of halogens is 1. The Bertz CT molecular complexity index is 803. The molecule has 0 aromatic heterocycles. The Morgan fingerprint density at radius 2 is 1.89 bits per heavy atom. The molecule has 3 saturated heterocycles. The monoisotopic (exact) mass is 427 g/mol. The molecular formula is C20H30ClN3O3S. The molecule has 3 atom stereocenters. The molecule has 3 aliphatic heterocycles. The number of piperidine rings is 1. The van der Waals surface area contributed by atoms with Crippen LogP contribution in [-0.2, 0) is 10.0 Å². The highest BCUT2D eigenvalue weighted by molar-refractivity contribution is 7.89. The maximum atomic E-state index is 13.2. The topological polar surface area (TPSA) is 69.7 Å². The van der Waals surface area contributed by atoms with Gasteiger partial charge in [-0.25, -0.2) is 8.42 Å². The number of rotatable bonds is 3. The predicted octanol–water partition coefficient (Wildman–Crippen LogP) is 2.64. The summed E-state index contributed by atoms with van der Waals surface area (Å²) in [6, 6.07) is 7.14. The van der Waals surface area contributed by atoms with Crippen molar-refractivity contribution in [1.29, 1.82) is 0 Å². The van der Waals surface area contributed by atoms with Crippen molar-refractivity contribution >= 4 is 28.3 Å². The highest BCUT2D eigenvalue weighted by Crippen LogP contribution is 2.31. The number of nitrogens with one attached hydrogen (secondary N) is 1.